The van der Waals surface area contributed by atoms with Crippen molar-refractivity contribution in [2.24, 2.45) is 0 Å². The summed E-state index contributed by atoms with van der Waals surface area (Å²) in [6, 6.07) is 4.04. The normalized spacial score (nSPS) is 21.6. The first-order valence-electron chi connectivity index (χ1n) is 8.56. The third kappa shape index (κ3) is 3.16. The van der Waals surface area contributed by atoms with Gasteiger partial charge in [-0.3, -0.25) is 9.48 Å². The fourth-order valence-electron chi connectivity index (χ4n) is 3.38. The van der Waals surface area contributed by atoms with Gasteiger partial charge in [-0.1, -0.05) is 5.16 Å². The van der Waals surface area contributed by atoms with Gasteiger partial charge in [-0.05, 0) is 44.6 Å². The summed E-state index contributed by atoms with van der Waals surface area (Å²) < 4.78 is 7.27. The molecule has 2 aromatic rings. The number of aromatic nitrogens is 3. The molecule has 122 valence electrons. The Balaban J connectivity index is 1.43. The zero-order valence-corrected chi connectivity index (χ0v) is 13.2. The molecule has 2 aliphatic rings. The number of carbonyl (C=O) groups excluding carboxylic acids is 1. The van der Waals surface area contributed by atoms with Crippen LogP contribution in [-0.4, -0.2) is 38.3 Å². The van der Waals surface area contributed by atoms with Gasteiger partial charge in [0.1, 0.15) is 5.76 Å². The van der Waals surface area contributed by atoms with Crippen LogP contribution in [0, 0.1) is 0 Å². The summed E-state index contributed by atoms with van der Waals surface area (Å²) in [6.45, 7) is 1.65. The van der Waals surface area contributed by atoms with Crippen LogP contribution < -0.4 is 0 Å². The van der Waals surface area contributed by atoms with E-state index < -0.39 is 0 Å². The van der Waals surface area contributed by atoms with Crippen LogP contribution in [0.15, 0.2) is 29.0 Å². The number of rotatable bonds is 5. The van der Waals surface area contributed by atoms with Crippen molar-refractivity contribution < 1.29 is 9.32 Å². The molecule has 6 heteroatoms. The van der Waals surface area contributed by atoms with Gasteiger partial charge in [0.25, 0.3) is 5.91 Å². The lowest BCUT2D eigenvalue weighted by Gasteiger charge is -2.35. The zero-order chi connectivity index (χ0) is 15.6. The van der Waals surface area contributed by atoms with E-state index in [2.05, 4.69) is 10.3 Å². The molecule has 0 unspecified atom stereocenters. The molecule has 1 amide bonds. The first-order chi connectivity index (χ1) is 11.3. The molecule has 2 fully saturated rings. The van der Waals surface area contributed by atoms with Crippen molar-refractivity contribution in [2.75, 3.05) is 6.54 Å². The van der Waals surface area contributed by atoms with E-state index in [-0.39, 0.29) is 11.9 Å². The van der Waals surface area contributed by atoms with E-state index in [0.717, 1.165) is 51.0 Å². The molecular formula is C17H22N4O2. The molecular weight excluding hydrogens is 292 g/mol. The quantitative estimate of drug-likeness (QED) is 0.851. The number of hydrogen-bond donors (Lipinski definition) is 0. The van der Waals surface area contributed by atoms with Crippen molar-refractivity contribution in [1.29, 1.82) is 0 Å². The lowest BCUT2D eigenvalue weighted by molar-refractivity contribution is 0.0583. The van der Waals surface area contributed by atoms with Gasteiger partial charge in [-0.2, -0.15) is 5.10 Å². The Bertz CT molecular complexity index is 660. The fraction of sp³-hybridized carbons (Fsp3) is 0.588. The van der Waals surface area contributed by atoms with Gasteiger partial charge < -0.3 is 9.42 Å². The maximum atomic E-state index is 12.8. The van der Waals surface area contributed by atoms with E-state index >= 15 is 0 Å². The SMILES string of the molecule is O=C(c1cc(C2CC2)on1)N1CCCC[C@H]1CCn1cccn1. The number of piperidine rings is 1. The molecule has 1 atom stereocenters. The maximum absolute atomic E-state index is 12.8. The zero-order valence-electron chi connectivity index (χ0n) is 13.2. The van der Waals surface area contributed by atoms with Crippen LogP contribution >= 0.6 is 0 Å². The molecule has 6 nitrogen and oxygen atoms in total. The van der Waals surface area contributed by atoms with E-state index in [0.29, 0.717) is 11.6 Å². The number of carbonyl (C=O) groups is 1. The fourth-order valence-corrected chi connectivity index (χ4v) is 3.38. The highest BCUT2D eigenvalue weighted by Crippen LogP contribution is 2.40. The van der Waals surface area contributed by atoms with Crippen molar-refractivity contribution >= 4 is 5.91 Å². The molecule has 0 radical (unpaired) electrons. The summed E-state index contributed by atoms with van der Waals surface area (Å²) >= 11 is 0. The predicted octanol–water partition coefficient (Wildman–Crippen LogP) is 2.83. The molecule has 4 rings (SSSR count). The Kier molecular flexibility index (Phi) is 3.89. The Morgan fingerprint density at radius 2 is 2.22 bits per heavy atom. The first kappa shape index (κ1) is 14.5. The minimum Gasteiger partial charge on any atom is -0.360 e. The average molecular weight is 314 g/mol. The van der Waals surface area contributed by atoms with Gasteiger partial charge in [0, 0.05) is 43.5 Å². The minimum absolute atomic E-state index is 0.0193. The molecule has 23 heavy (non-hydrogen) atoms. The highest BCUT2D eigenvalue weighted by molar-refractivity contribution is 5.92. The van der Waals surface area contributed by atoms with Crippen LogP contribution in [0.5, 0.6) is 0 Å². The molecule has 1 saturated heterocycles. The minimum atomic E-state index is 0.0193. The lowest BCUT2D eigenvalue weighted by atomic mass is 9.99. The van der Waals surface area contributed by atoms with Crippen molar-refractivity contribution in [1.82, 2.24) is 19.8 Å². The van der Waals surface area contributed by atoms with Crippen LogP contribution in [0.25, 0.3) is 0 Å². The lowest BCUT2D eigenvalue weighted by Crippen LogP contribution is -2.44. The van der Waals surface area contributed by atoms with Crippen LogP contribution in [0.2, 0.25) is 0 Å². The Hall–Kier alpha value is -2.11. The second-order valence-electron chi connectivity index (χ2n) is 6.59. The summed E-state index contributed by atoms with van der Waals surface area (Å²) in [5.74, 6) is 1.38. The van der Waals surface area contributed by atoms with Gasteiger partial charge in [0.15, 0.2) is 5.69 Å². The third-order valence-corrected chi connectivity index (χ3v) is 4.87. The highest BCUT2D eigenvalue weighted by Gasteiger charge is 2.32. The van der Waals surface area contributed by atoms with Crippen LogP contribution in [-0.2, 0) is 6.54 Å². The number of nitrogens with zero attached hydrogens (tertiary/aromatic N) is 4. The summed E-state index contributed by atoms with van der Waals surface area (Å²) in [7, 11) is 0. The summed E-state index contributed by atoms with van der Waals surface area (Å²) in [5, 5.41) is 8.26. The van der Waals surface area contributed by atoms with Gasteiger partial charge in [-0.25, -0.2) is 0 Å². The summed E-state index contributed by atoms with van der Waals surface area (Å²) in [4.78, 5) is 14.8. The second-order valence-corrected chi connectivity index (χ2v) is 6.59. The molecule has 3 heterocycles. The number of likely N-dealkylation sites (tertiary alicyclic amines) is 1. The third-order valence-electron chi connectivity index (χ3n) is 4.87. The smallest absolute Gasteiger partial charge is 0.276 e. The Morgan fingerprint density at radius 1 is 1.30 bits per heavy atom. The molecule has 0 bridgehead atoms. The van der Waals surface area contributed by atoms with Crippen LogP contribution in [0.4, 0.5) is 0 Å². The van der Waals surface area contributed by atoms with Gasteiger partial charge in [-0.15, -0.1) is 0 Å². The van der Waals surface area contributed by atoms with Crippen LogP contribution in [0.3, 0.4) is 0 Å². The van der Waals surface area contributed by atoms with Crippen molar-refractivity contribution in [2.45, 2.75) is 57.0 Å². The largest absolute Gasteiger partial charge is 0.360 e. The van der Waals surface area contributed by atoms with E-state index in [9.17, 15) is 4.79 Å². The highest BCUT2D eigenvalue weighted by atomic mass is 16.5. The molecule has 1 aliphatic carbocycles. The number of aryl methyl sites for hydroxylation is 1. The first-order valence-corrected chi connectivity index (χ1v) is 8.56. The maximum Gasteiger partial charge on any atom is 0.276 e. The molecule has 1 saturated carbocycles. The van der Waals surface area contributed by atoms with E-state index in [1.807, 2.05) is 27.9 Å². The van der Waals surface area contributed by atoms with Gasteiger partial charge in [0.2, 0.25) is 0 Å². The van der Waals surface area contributed by atoms with Gasteiger partial charge in [0.05, 0.1) is 0 Å². The van der Waals surface area contributed by atoms with Crippen molar-refractivity contribution in [3.05, 3.63) is 36.0 Å². The van der Waals surface area contributed by atoms with E-state index in [4.69, 9.17) is 4.52 Å². The topological polar surface area (TPSA) is 64.2 Å². The molecule has 1 aliphatic heterocycles. The predicted molar refractivity (Wildman–Crippen MR) is 84.0 cm³/mol. The molecule has 0 N–H and O–H groups in total. The standard InChI is InChI=1S/C17H22N4O2/c22-17(15-12-16(23-19-15)13-5-6-13)21-10-2-1-4-14(21)7-11-20-9-3-8-18-20/h3,8-9,12-14H,1-2,4-7,10-11H2/t14-/m0/s1. The van der Waals surface area contributed by atoms with Crippen molar-refractivity contribution in [3.63, 3.8) is 0 Å². The Labute approximate surface area is 135 Å². The monoisotopic (exact) mass is 314 g/mol. The molecule has 0 aromatic carbocycles. The second kappa shape index (κ2) is 6.18. The number of hydrogen-bond acceptors (Lipinski definition) is 4. The van der Waals surface area contributed by atoms with Crippen molar-refractivity contribution in [3.8, 4) is 0 Å². The number of amides is 1. The van der Waals surface area contributed by atoms with E-state index in [1.54, 1.807) is 6.20 Å². The average Bonchev–Trinajstić information content (AvgIpc) is 3.11. The van der Waals surface area contributed by atoms with Gasteiger partial charge >= 0.3 is 0 Å². The van der Waals surface area contributed by atoms with Crippen LogP contribution in [0.1, 0.15) is 60.7 Å². The van der Waals surface area contributed by atoms with E-state index in [1.165, 1.54) is 6.42 Å². The Morgan fingerprint density at radius 3 is 3.00 bits per heavy atom. The summed E-state index contributed by atoms with van der Waals surface area (Å²) in [5.41, 5.74) is 0.470. The molecule has 2 aromatic heterocycles. The molecule has 0 spiro atoms. The summed E-state index contributed by atoms with van der Waals surface area (Å²) in [6.07, 6.45) is 10.3.